The zero-order chi connectivity index (χ0) is 18.9. The minimum absolute atomic E-state index is 0. The largest absolute Gasteiger partial charge is 0.338 e. The molecule has 156 valence electrons. The SMILES string of the molecule is CC1(CN)CCN(C(=O)c2ccccc2CSc2nc3ccccc3[nH]2)C1.Cl.Cl. The van der Waals surface area contributed by atoms with Gasteiger partial charge in [0.25, 0.3) is 5.91 Å². The van der Waals surface area contributed by atoms with Crippen molar-refractivity contribution in [2.24, 2.45) is 11.1 Å². The quantitative estimate of drug-likeness (QED) is 0.558. The van der Waals surface area contributed by atoms with Gasteiger partial charge >= 0.3 is 0 Å². The van der Waals surface area contributed by atoms with Gasteiger partial charge in [0.15, 0.2) is 5.16 Å². The summed E-state index contributed by atoms with van der Waals surface area (Å²) in [4.78, 5) is 23.0. The number of halogens is 2. The number of hydrogen-bond acceptors (Lipinski definition) is 4. The number of nitrogens with two attached hydrogens (primary N) is 1. The summed E-state index contributed by atoms with van der Waals surface area (Å²) in [6, 6.07) is 15.9. The Bertz CT molecular complexity index is 947. The summed E-state index contributed by atoms with van der Waals surface area (Å²) in [7, 11) is 0. The van der Waals surface area contributed by atoms with Crippen molar-refractivity contribution in [3.8, 4) is 0 Å². The number of rotatable bonds is 5. The molecule has 1 atom stereocenters. The highest BCUT2D eigenvalue weighted by Gasteiger charge is 2.35. The van der Waals surface area contributed by atoms with Gasteiger partial charge in [0.05, 0.1) is 11.0 Å². The van der Waals surface area contributed by atoms with Gasteiger partial charge in [0.2, 0.25) is 0 Å². The lowest BCUT2D eigenvalue weighted by Gasteiger charge is -2.23. The molecule has 3 N–H and O–H groups in total. The number of carbonyl (C=O) groups excluding carboxylic acids is 1. The molecule has 0 spiro atoms. The van der Waals surface area contributed by atoms with Crippen LogP contribution < -0.4 is 5.73 Å². The van der Waals surface area contributed by atoms with Crippen molar-refractivity contribution < 1.29 is 4.79 Å². The van der Waals surface area contributed by atoms with Gasteiger partial charge in [-0.2, -0.15) is 0 Å². The van der Waals surface area contributed by atoms with E-state index in [9.17, 15) is 4.79 Å². The number of thioether (sulfide) groups is 1. The lowest BCUT2D eigenvalue weighted by Crippen LogP contribution is -2.34. The third kappa shape index (κ3) is 5.07. The highest BCUT2D eigenvalue weighted by molar-refractivity contribution is 7.98. The van der Waals surface area contributed by atoms with Crippen LogP contribution in [0.15, 0.2) is 53.7 Å². The molecule has 2 aromatic carbocycles. The van der Waals surface area contributed by atoms with Crippen LogP contribution in [0.2, 0.25) is 0 Å². The van der Waals surface area contributed by atoms with Crippen LogP contribution in [-0.2, 0) is 5.75 Å². The van der Waals surface area contributed by atoms with Crippen molar-refractivity contribution in [1.29, 1.82) is 0 Å². The van der Waals surface area contributed by atoms with E-state index in [-0.39, 0.29) is 36.1 Å². The lowest BCUT2D eigenvalue weighted by molar-refractivity contribution is 0.0776. The van der Waals surface area contributed by atoms with Crippen LogP contribution >= 0.6 is 36.6 Å². The maximum Gasteiger partial charge on any atom is 0.254 e. The number of carbonyl (C=O) groups is 1. The monoisotopic (exact) mass is 452 g/mol. The Balaban J connectivity index is 0.00000150. The van der Waals surface area contributed by atoms with E-state index in [1.54, 1.807) is 11.8 Å². The van der Waals surface area contributed by atoms with E-state index in [1.807, 2.05) is 53.4 Å². The molecule has 0 aliphatic carbocycles. The third-order valence-corrected chi connectivity index (χ3v) is 6.24. The topological polar surface area (TPSA) is 75.0 Å². The van der Waals surface area contributed by atoms with E-state index in [0.717, 1.165) is 46.8 Å². The first-order valence-corrected chi connectivity index (χ1v) is 10.2. The van der Waals surface area contributed by atoms with E-state index in [4.69, 9.17) is 5.73 Å². The van der Waals surface area contributed by atoms with Gasteiger partial charge in [0.1, 0.15) is 0 Å². The number of aromatic amines is 1. The zero-order valence-electron chi connectivity index (χ0n) is 16.3. The number of aromatic nitrogens is 2. The van der Waals surface area contributed by atoms with Gasteiger partial charge in [-0.15, -0.1) is 24.8 Å². The number of nitrogens with one attached hydrogen (secondary N) is 1. The highest BCUT2D eigenvalue weighted by atomic mass is 35.5. The number of H-pyrrole nitrogens is 1. The normalized spacial score (nSPS) is 18.3. The van der Waals surface area contributed by atoms with Crippen molar-refractivity contribution >= 4 is 53.5 Å². The smallest absolute Gasteiger partial charge is 0.254 e. The minimum atomic E-state index is 0. The highest BCUT2D eigenvalue weighted by Crippen LogP contribution is 2.31. The van der Waals surface area contributed by atoms with Crippen molar-refractivity contribution in [3.63, 3.8) is 0 Å². The van der Waals surface area contributed by atoms with Crippen LogP contribution in [0.4, 0.5) is 0 Å². The van der Waals surface area contributed by atoms with Crippen LogP contribution in [-0.4, -0.2) is 40.4 Å². The fraction of sp³-hybridized carbons (Fsp3) is 0.333. The summed E-state index contributed by atoms with van der Waals surface area (Å²) in [6.07, 6.45) is 0.963. The molecule has 5 nitrogen and oxygen atoms in total. The number of amides is 1. The Kier molecular flexibility index (Phi) is 8.00. The predicted octanol–water partition coefficient (Wildman–Crippen LogP) is 4.51. The van der Waals surface area contributed by atoms with Gasteiger partial charge < -0.3 is 15.6 Å². The van der Waals surface area contributed by atoms with Crippen LogP contribution in [0, 0.1) is 5.41 Å². The first-order chi connectivity index (χ1) is 13.1. The molecule has 1 unspecified atom stereocenters. The molecule has 1 aromatic heterocycles. The van der Waals surface area contributed by atoms with E-state index in [2.05, 4.69) is 16.9 Å². The number of benzene rings is 2. The molecule has 1 fully saturated rings. The minimum Gasteiger partial charge on any atom is -0.338 e. The fourth-order valence-electron chi connectivity index (χ4n) is 3.53. The summed E-state index contributed by atoms with van der Waals surface area (Å²) in [5.74, 6) is 0.803. The Hall–Kier alpha value is -1.73. The molecular weight excluding hydrogens is 427 g/mol. The zero-order valence-corrected chi connectivity index (χ0v) is 18.7. The van der Waals surface area contributed by atoms with Crippen LogP contribution in [0.1, 0.15) is 29.3 Å². The average Bonchev–Trinajstić information content (AvgIpc) is 3.30. The summed E-state index contributed by atoms with van der Waals surface area (Å²) in [5.41, 5.74) is 9.73. The number of hydrogen-bond donors (Lipinski definition) is 2. The molecule has 0 bridgehead atoms. The van der Waals surface area contributed by atoms with Crippen molar-refractivity contribution in [2.75, 3.05) is 19.6 Å². The first kappa shape index (κ1) is 23.5. The van der Waals surface area contributed by atoms with E-state index in [1.165, 1.54) is 0 Å². The molecular formula is C21H26Cl2N4OS. The van der Waals surface area contributed by atoms with Crippen molar-refractivity contribution in [1.82, 2.24) is 14.9 Å². The first-order valence-electron chi connectivity index (χ1n) is 9.23. The predicted molar refractivity (Wildman–Crippen MR) is 124 cm³/mol. The van der Waals surface area contributed by atoms with Crippen LogP contribution in [0.25, 0.3) is 11.0 Å². The molecule has 29 heavy (non-hydrogen) atoms. The van der Waals surface area contributed by atoms with Gasteiger partial charge in [0, 0.05) is 24.4 Å². The molecule has 0 radical (unpaired) electrons. The summed E-state index contributed by atoms with van der Waals surface area (Å²) in [5, 5.41) is 0.871. The molecule has 1 amide bonds. The van der Waals surface area contributed by atoms with Crippen molar-refractivity contribution in [2.45, 2.75) is 24.3 Å². The standard InChI is InChI=1S/C21H24N4OS.2ClH/c1-21(13-22)10-11-25(14-21)19(26)16-7-3-2-6-15(16)12-27-20-23-17-8-4-5-9-18(17)24-20;;/h2-9H,10-14,22H2,1H3,(H,23,24);2*1H. The molecule has 2 heterocycles. The number of fused-ring (bicyclic) bond motifs is 1. The second kappa shape index (κ2) is 9.85. The summed E-state index contributed by atoms with van der Waals surface area (Å²) < 4.78 is 0. The number of imidazole rings is 1. The number of nitrogens with zero attached hydrogens (tertiary/aromatic N) is 2. The molecule has 1 aliphatic rings. The molecule has 1 aliphatic heterocycles. The fourth-order valence-corrected chi connectivity index (χ4v) is 4.42. The lowest BCUT2D eigenvalue weighted by atomic mass is 9.90. The molecule has 0 saturated carbocycles. The van der Waals surface area contributed by atoms with E-state index in [0.29, 0.717) is 12.3 Å². The summed E-state index contributed by atoms with van der Waals surface area (Å²) >= 11 is 1.62. The number of likely N-dealkylation sites (tertiary alicyclic amines) is 1. The molecule has 8 heteroatoms. The van der Waals surface area contributed by atoms with Gasteiger partial charge in [-0.05, 0) is 42.1 Å². The summed E-state index contributed by atoms with van der Waals surface area (Å²) in [6.45, 7) is 4.27. The molecule has 4 rings (SSSR count). The third-order valence-electron chi connectivity index (χ3n) is 5.32. The number of para-hydroxylation sites is 2. The second-order valence-electron chi connectivity index (χ2n) is 7.50. The van der Waals surface area contributed by atoms with E-state index < -0.39 is 0 Å². The van der Waals surface area contributed by atoms with Crippen LogP contribution in [0.3, 0.4) is 0 Å². The maximum absolute atomic E-state index is 13.1. The van der Waals surface area contributed by atoms with Crippen molar-refractivity contribution in [3.05, 3.63) is 59.7 Å². The average molecular weight is 453 g/mol. The van der Waals surface area contributed by atoms with Crippen LogP contribution in [0.5, 0.6) is 0 Å². The van der Waals surface area contributed by atoms with Gasteiger partial charge in [-0.1, -0.05) is 49.0 Å². The molecule has 1 saturated heterocycles. The molecule has 3 aromatic rings. The maximum atomic E-state index is 13.1. The Morgan fingerprint density at radius 1 is 1.21 bits per heavy atom. The second-order valence-corrected chi connectivity index (χ2v) is 8.46. The van der Waals surface area contributed by atoms with Gasteiger partial charge in [-0.3, -0.25) is 4.79 Å². The van der Waals surface area contributed by atoms with E-state index >= 15 is 0 Å². The Morgan fingerprint density at radius 3 is 2.66 bits per heavy atom. The Labute approximate surface area is 187 Å². The Morgan fingerprint density at radius 2 is 1.93 bits per heavy atom. The van der Waals surface area contributed by atoms with Gasteiger partial charge in [-0.25, -0.2) is 4.98 Å².